The van der Waals surface area contributed by atoms with E-state index in [1.165, 1.54) is 5.39 Å². The van der Waals surface area contributed by atoms with Gasteiger partial charge in [0.25, 0.3) is 0 Å². The molecule has 3 aromatic rings. The predicted molar refractivity (Wildman–Crippen MR) is 103 cm³/mol. The minimum absolute atomic E-state index is 0.483. The molecule has 2 N–H and O–H groups in total. The SMILES string of the molecule is COc1ccc(OC)c(NC(=S)Nc2ccc3ccccc3c2)c1. The highest BCUT2D eigenvalue weighted by Crippen LogP contribution is 2.29. The summed E-state index contributed by atoms with van der Waals surface area (Å²) in [6.45, 7) is 0. The fraction of sp³-hybridized carbons (Fsp3) is 0.105. The summed E-state index contributed by atoms with van der Waals surface area (Å²) < 4.78 is 10.6. The molecule has 0 spiro atoms. The van der Waals surface area contributed by atoms with Crippen LogP contribution in [0.2, 0.25) is 0 Å². The third-order valence-corrected chi connectivity index (χ3v) is 3.87. The minimum atomic E-state index is 0.483. The lowest BCUT2D eigenvalue weighted by atomic mass is 10.1. The summed E-state index contributed by atoms with van der Waals surface area (Å²) in [6, 6.07) is 19.8. The second kappa shape index (κ2) is 7.19. The van der Waals surface area contributed by atoms with Crippen molar-refractivity contribution in [3.05, 3.63) is 60.7 Å². The zero-order chi connectivity index (χ0) is 16.9. The maximum atomic E-state index is 5.41. The molecule has 0 heterocycles. The largest absolute Gasteiger partial charge is 0.497 e. The molecule has 0 aromatic heterocycles. The van der Waals surface area contributed by atoms with E-state index in [0.29, 0.717) is 10.9 Å². The van der Waals surface area contributed by atoms with Crippen molar-refractivity contribution in [2.24, 2.45) is 0 Å². The second-order valence-corrected chi connectivity index (χ2v) is 5.62. The summed E-state index contributed by atoms with van der Waals surface area (Å²) in [5, 5.41) is 9.17. The maximum Gasteiger partial charge on any atom is 0.175 e. The van der Waals surface area contributed by atoms with Crippen LogP contribution in [-0.4, -0.2) is 19.3 Å². The number of nitrogens with one attached hydrogen (secondary N) is 2. The van der Waals surface area contributed by atoms with Gasteiger partial charge in [0, 0.05) is 11.8 Å². The summed E-state index contributed by atoms with van der Waals surface area (Å²) in [7, 11) is 3.24. The van der Waals surface area contributed by atoms with E-state index in [2.05, 4.69) is 34.9 Å². The van der Waals surface area contributed by atoms with Crippen molar-refractivity contribution in [2.75, 3.05) is 24.9 Å². The third kappa shape index (κ3) is 3.58. The molecule has 0 saturated heterocycles. The molecular formula is C19H18N2O2S. The van der Waals surface area contributed by atoms with Crippen LogP contribution >= 0.6 is 12.2 Å². The highest BCUT2D eigenvalue weighted by Gasteiger charge is 2.07. The van der Waals surface area contributed by atoms with Crippen molar-refractivity contribution >= 4 is 39.5 Å². The van der Waals surface area contributed by atoms with Gasteiger partial charge in [0.15, 0.2) is 5.11 Å². The van der Waals surface area contributed by atoms with Crippen LogP contribution in [0.15, 0.2) is 60.7 Å². The smallest absolute Gasteiger partial charge is 0.175 e. The second-order valence-electron chi connectivity index (χ2n) is 5.21. The molecule has 0 aliphatic heterocycles. The number of anilines is 2. The molecule has 0 aliphatic rings. The number of hydrogen-bond acceptors (Lipinski definition) is 3. The number of ether oxygens (including phenoxy) is 2. The van der Waals surface area contributed by atoms with Gasteiger partial charge in [0.1, 0.15) is 11.5 Å². The van der Waals surface area contributed by atoms with Crippen molar-refractivity contribution in [2.45, 2.75) is 0 Å². The topological polar surface area (TPSA) is 42.5 Å². The molecule has 122 valence electrons. The number of thiocarbonyl (C=S) groups is 1. The number of fused-ring (bicyclic) bond motifs is 1. The van der Waals surface area contributed by atoms with E-state index in [1.54, 1.807) is 14.2 Å². The van der Waals surface area contributed by atoms with Gasteiger partial charge >= 0.3 is 0 Å². The monoisotopic (exact) mass is 338 g/mol. The van der Waals surface area contributed by atoms with Gasteiger partial charge in [-0.15, -0.1) is 0 Å². The van der Waals surface area contributed by atoms with Gasteiger partial charge in [-0.1, -0.05) is 30.3 Å². The summed E-state index contributed by atoms with van der Waals surface area (Å²) >= 11 is 5.41. The Morgan fingerprint density at radius 3 is 2.38 bits per heavy atom. The van der Waals surface area contributed by atoms with E-state index in [1.807, 2.05) is 36.4 Å². The van der Waals surface area contributed by atoms with Crippen LogP contribution in [-0.2, 0) is 0 Å². The van der Waals surface area contributed by atoms with E-state index in [-0.39, 0.29) is 0 Å². The lowest BCUT2D eigenvalue weighted by Gasteiger charge is -2.14. The predicted octanol–water partition coefficient (Wildman–Crippen LogP) is 4.67. The van der Waals surface area contributed by atoms with Crippen molar-refractivity contribution in [3.63, 3.8) is 0 Å². The van der Waals surface area contributed by atoms with E-state index in [9.17, 15) is 0 Å². The fourth-order valence-electron chi connectivity index (χ4n) is 2.46. The first-order valence-corrected chi connectivity index (χ1v) is 7.89. The summed E-state index contributed by atoms with van der Waals surface area (Å²) in [5.41, 5.74) is 1.67. The van der Waals surface area contributed by atoms with E-state index < -0.39 is 0 Å². The van der Waals surface area contributed by atoms with E-state index in [0.717, 1.165) is 22.5 Å². The Hall–Kier alpha value is -2.79. The minimum Gasteiger partial charge on any atom is -0.497 e. The first-order valence-electron chi connectivity index (χ1n) is 7.48. The van der Waals surface area contributed by atoms with Gasteiger partial charge in [0.2, 0.25) is 0 Å². The number of rotatable bonds is 4. The molecular weight excluding hydrogens is 320 g/mol. The number of benzene rings is 3. The molecule has 0 radical (unpaired) electrons. The maximum absolute atomic E-state index is 5.41. The van der Waals surface area contributed by atoms with Crippen LogP contribution in [0.3, 0.4) is 0 Å². The molecule has 3 aromatic carbocycles. The lowest BCUT2D eigenvalue weighted by Crippen LogP contribution is -2.19. The van der Waals surface area contributed by atoms with Crippen LogP contribution in [0.25, 0.3) is 10.8 Å². The molecule has 0 unspecified atom stereocenters. The van der Waals surface area contributed by atoms with Gasteiger partial charge in [-0.2, -0.15) is 0 Å². The van der Waals surface area contributed by atoms with E-state index >= 15 is 0 Å². The molecule has 3 rings (SSSR count). The van der Waals surface area contributed by atoms with Crippen LogP contribution in [0.5, 0.6) is 11.5 Å². The van der Waals surface area contributed by atoms with Crippen LogP contribution < -0.4 is 20.1 Å². The Morgan fingerprint density at radius 2 is 1.62 bits per heavy atom. The normalized spacial score (nSPS) is 10.2. The Bertz CT molecular complexity index is 880. The molecule has 0 atom stereocenters. The Balaban J connectivity index is 1.77. The lowest BCUT2D eigenvalue weighted by molar-refractivity contribution is 0.405. The molecule has 24 heavy (non-hydrogen) atoms. The van der Waals surface area contributed by atoms with Crippen molar-refractivity contribution in [1.82, 2.24) is 0 Å². The molecule has 0 saturated carbocycles. The van der Waals surface area contributed by atoms with Crippen molar-refractivity contribution in [1.29, 1.82) is 0 Å². The van der Waals surface area contributed by atoms with Gasteiger partial charge in [-0.05, 0) is 47.3 Å². The standard InChI is InChI=1S/C19H18N2O2S/c1-22-16-9-10-18(23-2)17(12-16)21-19(24)20-15-8-7-13-5-3-4-6-14(13)11-15/h3-12H,1-2H3,(H2,20,21,24). The first kappa shape index (κ1) is 16.1. The van der Waals surface area contributed by atoms with Gasteiger partial charge in [0.05, 0.1) is 19.9 Å². The molecule has 4 nitrogen and oxygen atoms in total. The summed E-state index contributed by atoms with van der Waals surface area (Å²) in [5.74, 6) is 1.42. The van der Waals surface area contributed by atoms with Gasteiger partial charge in [-0.25, -0.2) is 0 Å². The quantitative estimate of drug-likeness (QED) is 0.677. The van der Waals surface area contributed by atoms with Crippen LogP contribution in [0.1, 0.15) is 0 Å². The third-order valence-electron chi connectivity index (χ3n) is 3.66. The molecule has 0 fully saturated rings. The van der Waals surface area contributed by atoms with Crippen molar-refractivity contribution in [3.8, 4) is 11.5 Å². The van der Waals surface area contributed by atoms with E-state index in [4.69, 9.17) is 21.7 Å². The zero-order valence-electron chi connectivity index (χ0n) is 13.5. The average molecular weight is 338 g/mol. The van der Waals surface area contributed by atoms with Crippen LogP contribution in [0.4, 0.5) is 11.4 Å². The van der Waals surface area contributed by atoms with Gasteiger partial charge in [-0.3, -0.25) is 0 Å². The highest BCUT2D eigenvalue weighted by molar-refractivity contribution is 7.80. The van der Waals surface area contributed by atoms with Crippen molar-refractivity contribution < 1.29 is 9.47 Å². The Labute approximate surface area is 146 Å². The molecule has 0 aliphatic carbocycles. The number of hydrogen-bond donors (Lipinski definition) is 2. The molecule has 0 bridgehead atoms. The fourth-order valence-corrected chi connectivity index (χ4v) is 2.69. The Kier molecular flexibility index (Phi) is 4.82. The zero-order valence-corrected chi connectivity index (χ0v) is 14.3. The van der Waals surface area contributed by atoms with Crippen LogP contribution in [0, 0.1) is 0 Å². The Morgan fingerprint density at radius 1 is 0.833 bits per heavy atom. The average Bonchev–Trinajstić information content (AvgIpc) is 2.61. The van der Waals surface area contributed by atoms with Gasteiger partial charge < -0.3 is 20.1 Å². The molecule has 5 heteroatoms. The highest BCUT2D eigenvalue weighted by atomic mass is 32.1. The molecule has 0 amide bonds. The summed E-state index contributed by atoms with van der Waals surface area (Å²) in [6.07, 6.45) is 0. The number of methoxy groups -OCH3 is 2. The first-order chi connectivity index (χ1) is 11.7. The summed E-state index contributed by atoms with van der Waals surface area (Å²) in [4.78, 5) is 0.